The standard InChI is InChI=1S/C10H9ClN2O2S/c1-13-10(6-7-12-13)8-2-4-9(5-3-8)16(11,14)15/h2-7H,1H3. The second-order valence-electron chi connectivity index (χ2n) is 3.30. The molecule has 0 radical (unpaired) electrons. The van der Waals surface area contributed by atoms with Gasteiger partial charge in [0.2, 0.25) is 0 Å². The summed E-state index contributed by atoms with van der Waals surface area (Å²) in [7, 11) is 3.39. The fourth-order valence-electron chi connectivity index (χ4n) is 1.45. The Hall–Kier alpha value is -1.33. The van der Waals surface area contributed by atoms with Crippen molar-refractivity contribution in [2.45, 2.75) is 4.90 Å². The molecule has 0 bridgehead atoms. The molecule has 16 heavy (non-hydrogen) atoms. The van der Waals surface area contributed by atoms with Crippen LogP contribution in [0.3, 0.4) is 0 Å². The number of aryl methyl sites for hydroxylation is 1. The van der Waals surface area contributed by atoms with Gasteiger partial charge in [-0.05, 0) is 23.8 Å². The summed E-state index contributed by atoms with van der Waals surface area (Å²) in [6.45, 7) is 0. The Balaban J connectivity index is 2.45. The second-order valence-corrected chi connectivity index (χ2v) is 5.87. The monoisotopic (exact) mass is 256 g/mol. The molecule has 84 valence electrons. The van der Waals surface area contributed by atoms with Crippen LogP contribution in [-0.2, 0) is 16.1 Å². The Bertz CT molecular complexity index is 602. The van der Waals surface area contributed by atoms with Gasteiger partial charge in [0.05, 0.1) is 10.6 Å². The van der Waals surface area contributed by atoms with Crippen molar-refractivity contribution < 1.29 is 8.42 Å². The molecule has 6 heteroatoms. The van der Waals surface area contributed by atoms with Gasteiger partial charge in [-0.1, -0.05) is 12.1 Å². The van der Waals surface area contributed by atoms with Crippen LogP contribution in [0.2, 0.25) is 0 Å². The largest absolute Gasteiger partial charge is 0.268 e. The molecule has 0 fully saturated rings. The van der Waals surface area contributed by atoms with Crippen LogP contribution in [0.25, 0.3) is 11.3 Å². The average molecular weight is 257 g/mol. The lowest BCUT2D eigenvalue weighted by Gasteiger charge is -2.02. The Kier molecular flexibility index (Phi) is 2.73. The van der Waals surface area contributed by atoms with Crippen LogP contribution in [0.1, 0.15) is 0 Å². The smallest absolute Gasteiger partial charge is 0.261 e. The highest BCUT2D eigenvalue weighted by molar-refractivity contribution is 8.13. The van der Waals surface area contributed by atoms with E-state index in [4.69, 9.17) is 10.7 Å². The van der Waals surface area contributed by atoms with E-state index in [1.165, 1.54) is 12.1 Å². The molecule has 0 amide bonds. The van der Waals surface area contributed by atoms with E-state index in [2.05, 4.69) is 5.10 Å². The summed E-state index contributed by atoms with van der Waals surface area (Å²) >= 11 is 0. The van der Waals surface area contributed by atoms with E-state index in [0.29, 0.717) is 0 Å². The first-order valence-electron chi connectivity index (χ1n) is 4.51. The van der Waals surface area contributed by atoms with Crippen LogP contribution in [-0.4, -0.2) is 18.2 Å². The SMILES string of the molecule is Cn1nccc1-c1ccc(S(=O)(=O)Cl)cc1. The van der Waals surface area contributed by atoms with Gasteiger partial charge in [-0.25, -0.2) is 8.42 Å². The van der Waals surface area contributed by atoms with Crippen LogP contribution in [0.4, 0.5) is 0 Å². The molecular weight excluding hydrogens is 248 g/mol. The molecular formula is C10H9ClN2O2S. The van der Waals surface area contributed by atoms with Crippen LogP contribution < -0.4 is 0 Å². The van der Waals surface area contributed by atoms with Gasteiger partial charge in [0, 0.05) is 23.9 Å². The highest BCUT2D eigenvalue weighted by atomic mass is 35.7. The van der Waals surface area contributed by atoms with Crippen LogP contribution in [0.5, 0.6) is 0 Å². The number of benzene rings is 1. The van der Waals surface area contributed by atoms with Crippen LogP contribution >= 0.6 is 10.7 Å². The normalized spacial score (nSPS) is 11.6. The van der Waals surface area contributed by atoms with E-state index in [-0.39, 0.29) is 4.90 Å². The molecule has 0 aliphatic carbocycles. The van der Waals surface area contributed by atoms with Crippen molar-refractivity contribution in [3.05, 3.63) is 36.5 Å². The Morgan fingerprint density at radius 3 is 2.25 bits per heavy atom. The average Bonchev–Trinajstić information content (AvgIpc) is 2.63. The zero-order valence-corrected chi connectivity index (χ0v) is 10.0. The van der Waals surface area contributed by atoms with Crippen molar-refractivity contribution in [2.75, 3.05) is 0 Å². The van der Waals surface area contributed by atoms with Crippen LogP contribution in [0.15, 0.2) is 41.4 Å². The molecule has 0 aliphatic rings. The molecule has 0 unspecified atom stereocenters. The van der Waals surface area contributed by atoms with E-state index < -0.39 is 9.05 Å². The number of rotatable bonds is 2. The van der Waals surface area contributed by atoms with Crippen molar-refractivity contribution >= 4 is 19.7 Å². The van der Waals surface area contributed by atoms with E-state index >= 15 is 0 Å². The molecule has 0 aliphatic heterocycles. The lowest BCUT2D eigenvalue weighted by Crippen LogP contribution is -1.94. The minimum absolute atomic E-state index is 0.0973. The molecule has 1 heterocycles. The Labute approximate surface area is 97.9 Å². The first-order valence-corrected chi connectivity index (χ1v) is 6.82. The maximum absolute atomic E-state index is 11.0. The fraction of sp³-hybridized carbons (Fsp3) is 0.100. The highest BCUT2D eigenvalue weighted by Crippen LogP contribution is 2.21. The first kappa shape index (κ1) is 11.2. The third-order valence-corrected chi connectivity index (χ3v) is 3.62. The number of nitrogens with zero attached hydrogens (tertiary/aromatic N) is 2. The predicted octanol–water partition coefficient (Wildman–Crippen LogP) is 2.01. The minimum atomic E-state index is -3.65. The number of hydrogen-bond acceptors (Lipinski definition) is 3. The molecule has 1 aromatic carbocycles. The van der Waals surface area contributed by atoms with E-state index in [1.807, 2.05) is 13.1 Å². The van der Waals surface area contributed by atoms with Crippen molar-refractivity contribution in [3.8, 4) is 11.3 Å². The zero-order chi connectivity index (χ0) is 11.8. The van der Waals surface area contributed by atoms with Gasteiger partial charge in [-0.15, -0.1) is 0 Å². The van der Waals surface area contributed by atoms with Crippen molar-refractivity contribution in [2.24, 2.45) is 7.05 Å². The fourth-order valence-corrected chi connectivity index (χ4v) is 2.22. The Morgan fingerprint density at radius 1 is 1.19 bits per heavy atom. The van der Waals surface area contributed by atoms with Gasteiger partial charge in [-0.3, -0.25) is 4.68 Å². The molecule has 0 N–H and O–H groups in total. The zero-order valence-electron chi connectivity index (χ0n) is 8.46. The molecule has 2 aromatic rings. The summed E-state index contributed by atoms with van der Waals surface area (Å²) in [6.07, 6.45) is 1.68. The summed E-state index contributed by atoms with van der Waals surface area (Å²) in [5, 5.41) is 4.04. The molecule has 0 atom stereocenters. The topological polar surface area (TPSA) is 52.0 Å². The third kappa shape index (κ3) is 2.10. The number of aromatic nitrogens is 2. The van der Waals surface area contributed by atoms with Crippen molar-refractivity contribution in [1.82, 2.24) is 9.78 Å². The summed E-state index contributed by atoms with van der Waals surface area (Å²) in [5.74, 6) is 0. The number of halogens is 1. The van der Waals surface area contributed by atoms with Gasteiger partial charge < -0.3 is 0 Å². The number of hydrogen-bond donors (Lipinski definition) is 0. The second kappa shape index (κ2) is 3.92. The van der Waals surface area contributed by atoms with Gasteiger partial charge >= 0.3 is 0 Å². The Morgan fingerprint density at radius 2 is 1.81 bits per heavy atom. The van der Waals surface area contributed by atoms with E-state index in [0.717, 1.165) is 11.3 Å². The summed E-state index contributed by atoms with van der Waals surface area (Å²) in [5.41, 5.74) is 1.81. The van der Waals surface area contributed by atoms with E-state index in [9.17, 15) is 8.42 Å². The molecule has 2 rings (SSSR count). The van der Waals surface area contributed by atoms with Gasteiger partial charge in [0.15, 0.2) is 0 Å². The molecule has 0 spiro atoms. The third-order valence-electron chi connectivity index (χ3n) is 2.25. The van der Waals surface area contributed by atoms with Gasteiger partial charge in [0.1, 0.15) is 0 Å². The molecule has 0 saturated carbocycles. The van der Waals surface area contributed by atoms with Crippen molar-refractivity contribution in [3.63, 3.8) is 0 Å². The maximum atomic E-state index is 11.0. The van der Waals surface area contributed by atoms with Crippen molar-refractivity contribution in [1.29, 1.82) is 0 Å². The molecule has 4 nitrogen and oxygen atoms in total. The minimum Gasteiger partial charge on any atom is -0.268 e. The maximum Gasteiger partial charge on any atom is 0.261 e. The summed E-state index contributed by atoms with van der Waals surface area (Å²) < 4.78 is 23.8. The quantitative estimate of drug-likeness (QED) is 0.773. The first-order chi connectivity index (χ1) is 7.48. The predicted molar refractivity (Wildman–Crippen MR) is 61.7 cm³/mol. The molecule has 1 aromatic heterocycles. The van der Waals surface area contributed by atoms with Crippen LogP contribution in [0, 0.1) is 0 Å². The lowest BCUT2D eigenvalue weighted by atomic mass is 10.1. The van der Waals surface area contributed by atoms with Gasteiger partial charge in [-0.2, -0.15) is 5.10 Å². The van der Waals surface area contributed by atoms with E-state index in [1.54, 1.807) is 23.0 Å². The summed E-state index contributed by atoms with van der Waals surface area (Å²) in [6, 6.07) is 8.21. The highest BCUT2D eigenvalue weighted by Gasteiger charge is 2.10. The summed E-state index contributed by atoms with van der Waals surface area (Å²) in [4.78, 5) is 0.0973. The van der Waals surface area contributed by atoms with Gasteiger partial charge in [0.25, 0.3) is 9.05 Å². The molecule has 0 saturated heterocycles. The lowest BCUT2D eigenvalue weighted by molar-refractivity contribution is 0.609.